The quantitative estimate of drug-likeness (QED) is 0.338. The Bertz CT molecular complexity index is 1330. The number of nitrogens with zero attached hydrogens (tertiary/aromatic N) is 4. The Labute approximate surface area is 210 Å². The summed E-state index contributed by atoms with van der Waals surface area (Å²) < 4.78 is 7.66. The summed E-state index contributed by atoms with van der Waals surface area (Å²) in [6.45, 7) is 6.17. The van der Waals surface area contributed by atoms with Gasteiger partial charge in [-0.1, -0.05) is 36.8 Å². The Morgan fingerprint density at radius 2 is 1.75 bits per heavy atom. The third-order valence-corrected chi connectivity index (χ3v) is 6.53. The number of piperidine rings is 1. The van der Waals surface area contributed by atoms with Crippen LogP contribution in [-0.2, 0) is 6.54 Å². The van der Waals surface area contributed by atoms with Gasteiger partial charge in [0.15, 0.2) is 5.65 Å². The summed E-state index contributed by atoms with van der Waals surface area (Å²) in [5.41, 5.74) is 2.45. The van der Waals surface area contributed by atoms with Gasteiger partial charge in [-0.2, -0.15) is 5.10 Å². The fourth-order valence-electron chi connectivity index (χ4n) is 4.71. The third kappa shape index (κ3) is 5.49. The highest BCUT2D eigenvalue weighted by Crippen LogP contribution is 2.26. The van der Waals surface area contributed by atoms with E-state index in [1.165, 1.54) is 19.3 Å². The van der Waals surface area contributed by atoms with E-state index in [0.717, 1.165) is 36.7 Å². The van der Waals surface area contributed by atoms with Gasteiger partial charge in [0.1, 0.15) is 17.3 Å². The molecule has 0 spiro atoms. The number of nitrogens with one attached hydrogen (secondary N) is 1. The molecule has 186 valence electrons. The van der Waals surface area contributed by atoms with E-state index in [0.29, 0.717) is 35.6 Å². The smallest absolute Gasteiger partial charge is 0.336 e. The van der Waals surface area contributed by atoms with Crippen molar-refractivity contribution in [3.63, 3.8) is 0 Å². The van der Waals surface area contributed by atoms with Gasteiger partial charge in [-0.05, 0) is 68.8 Å². The number of hydrogen-bond acceptors (Lipinski definition) is 6. The van der Waals surface area contributed by atoms with Crippen LogP contribution in [0.25, 0.3) is 11.0 Å². The van der Waals surface area contributed by atoms with Crippen molar-refractivity contribution in [3.8, 4) is 11.5 Å². The van der Waals surface area contributed by atoms with Gasteiger partial charge in [-0.25, -0.2) is 14.5 Å². The normalized spacial score (nSPS) is 14.1. The van der Waals surface area contributed by atoms with Crippen molar-refractivity contribution in [1.29, 1.82) is 0 Å². The Morgan fingerprint density at radius 1 is 1.03 bits per heavy atom. The number of aromatic nitrogens is 3. The monoisotopic (exact) mass is 485 g/mol. The molecule has 3 heterocycles. The van der Waals surface area contributed by atoms with Crippen molar-refractivity contribution >= 4 is 22.8 Å². The summed E-state index contributed by atoms with van der Waals surface area (Å²) in [6.07, 6.45) is 3.78. The number of fused-ring (bicyclic) bond motifs is 1. The van der Waals surface area contributed by atoms with Gasteiger partial charge >= 0.3 is 5.97 Å². The minimum atomic E-state index is -0.980. The molecule has 8 nitrogen and oxygen atoms in total. The van der Waals surface area contributed by atoms with Crippen molar-refractivity contribution in [2.45, 2.75) is 32.7 Å². The molecule has 1 fully saturated rings. The number of aromatic carboxylic acids is 1. The zero-order valence-electron chi connectivity index (χ0n) is 20.5. The first-order valence-corrected chi connectivity index (χ1v) is 12.5. The van der Waals surface area contributed by atoms with E-state index in [-0.39, 0.29) is 5.56 Å². The largest absolute Gasteiger partial charge is 0.478 e. The van der Waals surface area contributed by atoms with E-state index in [1.807, 2.05) is 61.5 Å². The molecule has 36 heavy (non-hydrogen) atoms. The number of likely N-dealkylation sites (tertiary alicyclic amines) is 1. The second-order valence-electron chi connectivity index (χ2n) is 9.19. The molecule has 4 aromatic rings. The van der Waals surface area contributed by atoms with E-state index in [9.17, 15) is 9.90 Å². The highest BCUT2D eigenvalue weighted by molar-refractivity contribution is 6.03. The summed E-state index contributed by atoms with van der Waals surface area (Å²) in [7, 11) is 0. The molecule has 1 aliphatic rings. The second kappa shape index (κ2) is 10.8. The van der Waals surface area contributed by atoms with E-state index in [2.05, 4.69) is 15.3 Å². The number of ether oxygens (including phenoxy) is 1. The van der Waals surface area contributed by atoms with Gasteiger partial charge in [-0.3, -0.25) is 0 Å². The molecule has 0 unspecified atom stereocenters. The van der Waals surface area contributed by atoms with Gasteiger partial charge in [-0.15, -0.1) is 0 Å². The molecule has 8 heteroatoms. The molecule has 0 amide bonds. The molecule has 5 rings (SSSR count). The Balaban J connectivity index is 1.35. The first kappa shape index (κ1) is 23.8. The van der Waals surface area contributed by atoms with Crippen LogP contribution in [0.3, 0.4) is 0 Å². The maximum Gasteiger partial charge on any atom is 0.336 e. The molecular formula is C28H31N5O3. The lowest BCUT2D eigenvalue weighted by Gasteiger charge is -2.26. The molecule has 1 saturated heterocycles. The number of rotatable bonds is 9. The van der Waals surface area contributed by atoms with Gasteiger partial charge < -0.3 is 20.1 Å². The summed E-state index contributed by atoms with van der Waals surface area (Å²) in [5, 5.41) is 18.4. The van der Waals surface area contributed by atoms with E-state index >= 15 is 0 Å². The summed E-state index contributed by atoms with van der Waals surface area (Å²) in [5.74, 6) is 1.11. The third-order valence-electron chi connectivity index (χ3n) is 6.53. The molecule has 1 aliphatic heterocycles. The van der Waals surface area contributed by atoms with Crippen molar-refractivity contribution in [2.24, 2.45) is 0 Å². The molecule has 0 bridgehead atoms. The molecule has 0 atom stereocenters. The van der Waals surface area contributed by atoms with Gasteiger partial charge in [0.05, 0.1) is 23.2 Å². The van der Waals surface area contributed by atoms with Gasteiger partial charge in [0.2, 0.25) is 0 Å². The number of benzene rings is 2. The number of anilines is 1. The fourth-order valence-corrected chi connectivity index (χ4v) is 4.71. The lowest BCUT2D eigenvalue weighted by atomic mass is 10.1. The number of hydrogen-bond donors (Lipinski definition) is 2. The van der Waals surface area contributed by atoms with Crippen LogP contribution in [-0.4, -0.2) is 56.9 Å². The van der Waals surface area contributed by atoms with Crippen molar-refractivity contribution in [3.05, 3.63) is 77.5 Å². The maximum atomic E-state index is 12.1. The number of pyridine rings is 1. The minimum absolute atomic E-state index is 0.218. The molecule has 2 aromatic heterocycles. The second-order valence-corrected chi connectivity index (χ2v) is 9.19. The van der Waals surface area contributed by atoms with Crippen molar-refractivity contribution in [1.82, 2.24) is 19.7 Å². The molecule has 2 aromatic carbocycles. The average Bonchev–Trinajstić information content (AvgIpc) is 3.20. The topological polar surface area (TPSA) is 92.5 Å². The van der Waals surface area contributed by atoms with Crippen LogP contribution in [0, 0.1) is 6.92 Å². The van der Waals surface area contributed by atoms with Gasteiger partial charge in [0, 0.05) is 13.1 Å². The molecule has 2 N–H and O–H groups in total. The number of aryl methyl sites for hydroxylation is 1. The number of carboxylic acids is 1. The van der Waals surface area contributed by atoms with Crippen LogP contribution in [0.5, 0.6) is 11.5 Å². The average molecular weight is 486 g/mol. The van der Waals surface area contributed by atoms with Crippen molar-refractivity contribution in [2.75, 3.05) is 31.5 Å². The summed E-state index contributed by atoms with van der Waals surface area (Å²) in [4.78, 5) is 19.3. The fraction of sp³-hybridized carbons (Fsp3) is 0.321. The molecule has 0 saturated carbocycles. The van der Waals surface area contributed by atoms with E-state index < -0.39 is 5.97 Å². The highest BCUT2D eigenvalue weighted by Gasteiger charge is 2.19. The Hall–Kier alpha value is -3.91. The van der Waals surface area contributed by atoms with E-state index in [1.54, 1.807) is 10.7 Å². The zero-order valence-corrected chi connectivity index (χ0v) is 20.5. The number of para-hydroxylation sites is 1. The SMILES string of the molecule is Cc1nn(Cc2ccc(Oc3ccccc3)cc2)c2nc(NCCN3CCCCC3)cc(C(=O)O)c12. The van der Waals surface area contributed by atoms with Crippen LogP contribution >= 0.6 is 0 Å². The summed E-state index contributed by atoms with van der Waals surface area (Å²) in [6, 6.07) is 19.1. The molecule has 0 aliphatic carbocycles. The lowest BCUT2D eigenvalue weighted by Crippen LogP contribution is -2.33. The predicted molar refractivity (Wildman–Crippen MR) is 140 cm³/mol. The minimum Gasteiger partial charge on any atom is -0.478 e. The first-order valence-electron chi connectivity index (χ1n) is 12.5. The van der Waals surface area contributed by atoms with Crippen LogP contribution in [0.4, 0.5) is 5.82 Å². The first-order chi connectivity index (χ1) is 17.6. The van der Waals surface area contributed by atoms with E-state index in [4.69, 9.17) is 9.72 Å². The van der Waals surface area contributed by atoms with Crippen LogP contribution in [0.15, 0.2) is 60.7 Å². The number of carboxylic acid groups (broad SMARTS) is 1. The Morgan fingerprint density at radius 3 is 2.47 bits per heavy atom. The zero-order chi connectivity index (χ0) is 24.9. The molecular weight excluding hydrogens is 454 g/mol. The van der Waals surface area contributed by atoms with Gasteiger partial charge in [0.25, 0.3) is 0 Å². The lowest BCUT2D eigenvalue weighted by molar-refractivity contribution is 0.0699. The van der Waals surface area contributed by atoms with Crippen molar-refractivity contribution < 1.29 is 14.6 Å². The van der Waals surface area contributed by atoms with Crippen LogP contribution in [0.2, 0.25) is 0 Å². The standard InChI is InChI=1S/C28H31N5O3/c1-20-26-24(28(34)35)18-25(29-14-17-32-15-6-3-7-16-32)30-27(26)33(31-20)19-21-10-12-23(13-11-21)36-22-8-4-2-5-9-22/h2,4-5,8-13,18H,3,6-7,14-17,19H2,1H3,(H,29,30)(H,34,35). The van der Waals surface area contributed by atoms with Crippen LogP contribution in [0.1, 0.15) is 40.9 Å². The molecule has 0 radical (unpaired) electrons. The van der Waals surface area contributed by atoms with Crippen LogP contribution < -0.4 is 10.1 Å². The highest BCUT2D eigenvalue weighted by atomic mass is 16.5. The maximum absolute atomic E-state index is 12.1. The summed E-state index contributed by atoms with van der Waals surface area (Å²) >= 11 is 0. The predicted octanol–water partition coefficient (Wildman–Crippen LogP) is 5.18. The number of carbonyl (C=O) groups is 1. The Kier molecular flexibility index (Phi) is 7.13.